The van der Waals surface area contributed by atoms with Gasteiger partial charge in [0, 0.05) is 16.7 Å². The Balaban J connectivity index is 0. The fraction of sp³-hybridized carbons (Fsp3) is 0.167. The number of halogens is 1. The van der Waals surface area contributed by atoms with Crippen molar-refractivity contribution in [3.63, 3.8) is 0 Å². The Morgan fingerprint density at radius 1 is 1.39 bits per heavy atom. The zero-order valence-electron chi connectivity index (χ0n) is 11.1. The number of aliphatic hydroxyl groups excluding tert-OH is 1. The van der Waals surface area contributed by atoms with E-state index in [-0.39, 0.29) is 32.7 Å². The molecule has 0 fully saturated rings. The first-order chi connectivity index (χ1) is 8.04. The molecule has 0 aliphatic rings. The molecule has 18 heavy (non-hydrogen) atoms. The summed E-state index contributed by atoms with van der Waals surface area (Å²) >= 11 is 5.67. The minimum atomic E-state index is -0.993. The molecule has 0 spiro atoms. The zero-order valence-corrected chi connectivity index (χ0v) is 10.9. The molecule has 0 heterocycles. The average molecular weight is 263 g/mol. The average Bonchev–Trinajstić information content (AvgIpc) is 2.30. The van der Waals surface area contributed by atoms with Crippen LogP contribution in [-0.4, -0.2) is 23.5 Å². The third kappa shape index (κ3) is 4.97. The van der Waals surface area contributed by atoms with Crippen molar-refractivity contribution in [2.75, 3.05) is 6.61 Å². The first-order valence-corrected chi connectivity index (χ1v) is 5.30. The summed E-state index contributed by atoms with van der Waals surface area (Å²) < 4.78 is 4.49. The van der Waals surface area contributed by atoms with Gasteiger partial charge in [-0.2, -0.15) is 0 Å². The summed E-state index contributed by atoms with van der Waals surface area (Å²) in [7, 11) is 0. The van der Waals surface area contributed by atoms with Crippen LogP contribution in [0.25, 0.3) is 5.76 Å². The predicted octanol–water partition coefficient (Wildman–Crippen LogP) is -0.512. The predicted molar refractivity (Wildman–Crippen MR) is 64.8 cm³/mol. The van der Waals surface area contributed by atoms with Crippen LogP contribution < -0.4 is 18.9 Å². The first kappa shape index (κ1) is 16.8. The fourth-order valence-corrected chi connectivity index (χ4v) is 1.22. The minimum Gasteiger partial charge on any atom is -1.00 e. The molecule has 0 atom stereocenters. The molecule has 92 valence electrons. The quantitative estimate of drug-likeness (QED) is 0.261. The van der Waals surface area contributed by atoms with Gasteiger partial charge in [0.25, 0.3) is 5.78 Å². The van der Waals surface area contributed by atoms with E-state index in [0.717, 1.165) is 6.08 Å². The maximum Gasteiger partial charge on any atom is 1.00 e. The fourth-order valence-electron chi connectivity index (χ4n) is 1.09. The second kappa shape index (κ2) is 7.99. The van der Waals surface area contributed by atoms with E-state index < -0.39 is 11.8 Å². The van der Waals surface area contributed by atoms with Crippen molar-refractivity contribution < 1.29 is 39.7 Å². The molecule has 0 amide bonds. The summed E-state index contributed by atoms with van der Waals surface area (Å²) in [5, 5.41) is 10.1. The van der Waals surface area contributed by atoms with Gasteiger partial charge in [0.05, 0.1) is 6.61 Å². The molecule has 0 saturated carbocycles. The van der Waals surface area contributed by atoms with Crippen LogP contribution in [0.4, 0.5) is 0 Å². The van der Waals surface area contributed by atoms with Crippen molar-refractivity contribution in [1.82, 2.24) is 0 Å². The van der Waals surface area contributed by atoms with Crippen LogP contribution in [0.1, 0.15) is 13.9 Å². The van der Waals surface area contributed by atoms with Gasteiger partial charge >= 0.3 is 24.8 Å². The van der Waals surface area contributed by atoms with Crippen molar-refractivity contribution >= 4 is 29.1 Å². The monoisotopic (exact) mass is 262 g/mol. The van der Waals surface area contributed by atoms with Crippen LogP contribution in [0.3, 0.4) is 0 Å². The number of hydrogen-bond donors (Lipinski definition) is 1. The van der Waals surface area contributed by atoms with Gasteiger partial charge in [0.15, 0.2) is 0 Å². The maximum absolute atomic E-state index is 11.2. The molecule has 1 aromatic carbocycles. The molecule has 1 rings (SSSR count). The molecule has 6 heteroatoms. The van der Waals surface area contributed by atoms with E-state index in [9.17, 15) is 14.7 Å². The number of benzene rings is 1. The van der Waals surface area contributed by atoms with E-state index in [0.29, 0.717) is 10.6 Å². The second-order valence-electron chi connectivity index (χ2n) is 3.12. The third-order valence-electron chi connectivity index (χ3n) is 1.88. The molecule has 1 N–H and O–H groups in total. The van der Waals surface area contributed by atoms with E-state index >= 15 is 0 Å². The van der Waals surface area contributed by atoms with Crippen LogP contribution in [0.5, 0.6) is 0 Å². The number of ether oxygens (including phenoxy) is 1. The standard InChI is InChI=1S/C12H11ClO4.Li.H/c1-2-17-12(16)11(15)7-10(14)8-3-5-9(13)6-4-8;;/h3-7,14H,2H2,1H3;;/q;+1;-1. The van der Waals surface area contributed by atoms with E-state index in [4.69, 9.17) is 11.6 Å². The minimum absolute atomic E-state index is 0. The molecule has 0 unspecified atom stereocenters. The molecule has 0 aliphatic carbocycles. The number of carbonyl (C=O) groups excluding carboxylic acids is 2. The van der Waals surface area contributed by atoms with Gasteiger partial charge in [-0.05, 0) is 31.2 Å². The van der Waals surface area contributed by atoms with E-state index in [1.807, 2.05) is 0 Å². The van der Waals surface area contributed by atoms with Crippen LogP contribution in [0, 0.1) is 0 Å². The Morgan fingerprint density at radius 3 is 2.44 bits per heavy atom. The molecule has 0 radical (unpaired) electrons. The topological polar surface area (TPSA) is 63.6 Å². The van der Waals surface area contributed by atoms with Crippen LogP contribution in [0.2, 0.25) is 5.02 Å². The van der Waals surface area contributed by atoms with Crippen LogP contribution in [0.15, 0.2) is 30.3 Å². The van der Waals surface area contributed by atoms with Gasteiger partial charge in [-0.25, -0.2) is 4.79 Å². The normalized spacial score (nSPS) is 10.4. The summed E-state index contributed by atoms with van der Waals surface area (Å²) in [6.07, 6.45) is 0.821. The van der Waals surface area contributed by atoms with E-state index in [1.165, 1.54) is 12.1 Å². The molecule has 0 saturated heterocycles. The molecule has 0 bridgehead atoms. The molecular formula is C12H12ClLiO4. The maximum atomic E-state index is 11.2. The Labute approximate surface area is 123 Å². The van der Waals surface area contributed by atoms with Crippen molar-refractivity contribution in [1.29, 1.82) is 0 Å². The third-order valence-corrected chi connectivity index (χ3v) is 2.14. The summed E-state index contributed by atoms with van der Waals surface area (Å²) in [5.41, 5.74) is 0.395. The van der Waals surface area contributed by atoms with Gasteiger partial charge in [0.2, 0.25) is 0 Å². The molecule has 0 aliphatic heterocycles. The number of esters is 1. The van der Waals surface area contributed by atoms with E-state index in [2.05, 4.69) is 4.74 Å². The summed E-state index contributed by atoms with van der Waals surface area (Å²) in [6, 6.07) is 6.20. The number of rotatable bonds is 4. The van der Waals surface area contributed by atoms with Crippen molar-refractivity contribution in [3.05, 3.63) is 40.9 Å². The summed E-state index contributed by atoms with van der Waals surface area (Å²) in [5.74, 6) is -2.20. The van der Waals surface area contributed by atoms with E-state index in [1.54, 1.807) is 19.1 Å². The molecule has 0 aromatic heterocycles. The SMILES string of the molecule is CCOC(=O)C(=O)C=C(O)c1ccc(Cl)cc1.[H-].[Li+]. The Bertz CT molecular complexity index is 459. The first-order valence-electron chi connectivity index (χ1n) is 4.92. The number of hydrogen-bond acceptors (Lipinski definition) is 4. The van der Waals surface area contributed by atoms with Crippen molar-refractivity contribution in [3.8, 4) is 0 Å². The second-order valence-corrected chi connectivity index (χ2v) is 3.56. The van der Waals surface area contributed by atoms with Crippen LogP contribution >= 0.6 is 11.6 Å². The molecule has 1 aromatic rings. The molecular weight excluding hydrogens is 251 g/mol. The Hall–Kier alpha value is -1.21. The number of aliphatic hydroxyl groups is 1. The van der Waals surface area contributed by atoms with Crippen molar-refractivity contribution in [2.45, 2.75) is 6.92 Å². The van der Waals surface area contributed by atoms with Gasteiger partial charge in [-0.15, -0.1) is 0 Å². The largest absolute Gasteiger partial charge is 1.00 e. The summed E-state index contributed by atoms with van der Waals surface area (Å²) in [4.78, 5) is 22.3. The van der Waals surface area contributed by atoms with Gasteiger partial charge < -0.3 is 11.3 Å². The van der Waals surface area contributed by atoms with Gasteiger partial charge in [-0.3, -0.25) is 4.79 Å². The smallest absolute Gasteiger partial charge is 1.00 e. The summed E-state index contributed by atoms with van der Waals surface area (Å²) in [6.45, 7) is 1.70. The van der Waals surface area contributed by atoms with Gasteiger partial charge in [-0.1, -0.05) is 11.6 Å². The van der Waals surface area contributed by atoms with Crippen molar-refractivity contribution in [2.24, 2.45) is 0 Å². The molecule has 4 nitrogen and oxygen atoms in total. The van der Waals surface area contributed by atoms with Gasteiger partial charge in [0.1, 0.15) is 5.76 Å². The number of ketones is 1. The Kier molecular flexibility index (Phi) is 7.45. The number of carbonyl (C=O) groups is 2. The zero-order chi connectivity index (χ0) is 12.8. The Morgan fingerprint density at radius 2 is 1.94 bits per heavy atom. The van der Waals surface area contributed by atoms with Crippen LogP contribution in [-0.2, 0) is 14.3 Å².